The van der Waals surface area contributed by atoms with E-state index < -0.39 is 0 Å². The quantitative estimate of drug-likeness (QED) is 0.834. The second-order valence-electron chi connectivity index (χ2n) is 6.05. The van der Waals surface area contributed by atoms with Crippen LogP contribution in [0.25, 0.3) is 0 Å². The van der Waals surface area contributed by atoms with Gasteiger partial charge in [0.15, 0.2) is 0 Å². The van der Waals surface area contributed by atoms with Gasteiger partial charge in [0, 0.05) is 50.2 Å². The van der Waals surface area contributed by atoms with E-state index in [1.165, 1.54) is 6.33 Å². The number of aromatic nitrogens is 2. The molecule has 0 aliphatic carbocycles. The molecule has 1 aromatic rings. The normalized spacial score (nSPS) is 19.7. The van der Waals surface area contributed by atoms with Gasteiger partial charge >= 0.3 is 0 Å². The van der Waals surface area contributed by atoms with E-state index in [-0.39, 0.29) is 0 Å². The molecule has 1 amide bonds. The van der Waals surface area contributed by atoms with Crippen molar-refractivity contribution in [2.45, 2.75) is 19.3 Å². The highest BCUT2D eigenvalue weighted by molar-refractivity contribution is 7.99. The average Bonchev–Trinajstić information content (AvgIpc) is 2.63. The smallest absolute Gasteiger partial charge is 0.222 e. The van der Waals surface area contributed by atoms with Crippen molar-refractivity contribution in [2.75, 3.05) is 49.7 Å². The third kappa shape index (κ3) is 4.28. The van der Waals surface area contributed by atoms with Gasteiger partial charge in [-0.25, -0.2) is 9.97 Å². The van der Waals surface area contributed by atoms with Gasteiger partial charge < -0.3 is 14.5 Å². The fourth-order valence-corrected chi connectivity index (χ4v) is 4.07. The van der Waals surface area contributed by atoms with Crippen LogP contribution in [0.4, 0.5) is 5.82 Å². The summed E-state index contributed by atoms with van der Waals surface area (Å²) >= 11 is 1.94. The lowest BCUT2D eigenvalue weighted by atomic mass is 9.93. The first kappa shape index (κ1) is 16.4. The van der Waals surface area contributed by atoms with Crippen LogP contribution in [0.5, 0.6) is 5.88 Å². The average molecular weight is 336 g/mol. The molecule has 126 valence electrons. The molecule has 0 aromatic carbocycles. The predicted octanol–water partition coefficient (Wildman–Crippen LogP) is 1.67. The van der Waals surface area contributed by atoms with Crippen LogP contribution in [-0.4, -0.2) is 65.6 Å². The molecule has 2 aliphatic rings. The second-order valence-corrected chi connectivity index (χ2v) is 7.27. The fourth-order valence-electron chi connectivity index (χ4n) is 3.17. The summed E-state index contributed by atoms with van der Waals surface area (Å²) in [5.74, 6) is 4.51. The first-order valence-corrected chi connectivity index (χ1v) is 9.38. The zero-order valence-corrected chi connectivity index (χ0v) is 14.4. The number of rotatable bonds is 4. The zero-order valence-electron chi connectivity index (χ0n) is 13.6. The summed E-state index contributed by atoms with van der Waals surface area (Å²) in [6.45, 7) is 3.72. The summed E-state index contributed by atoms with van der Waals surface area (Å²) in [5.41, 5.74) is 0. The number of hydrogen-bond donors (Lipinski definition) is 0. The third-order valence-corrected chi connectivity index (χ3v) is 5.54. The van der Waals surface area contributed by atoms with E-state index in [1.54, 1.807) is 7.11 Å². The Kier molecular flexibility index (Phi) is 5.59. The number of carbonyl (C=O) groups excluding carboxylic acids is 1. The Labute approximate surface area is 141 Å². The topological polar surface area (TPSA) is 58.6 Å². The Morgan fingerprint density at radius 1 is 1.26 bits per heavy atom. The summed E-state index contributed by atoms with van der Waals surface area (Å²) in [7, 11) is 1.61. The Bertz CT molecular complexity index is 529. The van der Waals surface area contributed by atoms with Crippen LogP contribution in [0.3, 0.4) is 0 Å². The van der Waals surface area contributed by atoms with Gasteiger partial charge in [-0.15, -0.1) is 0 Å². The van der Waals surface area contributed by atoms with E-state index >= 15 is 0 Å². The molecule has 0 bridgehead atoms. The molecule has 3 rings (SSSR count). The van der Waals surface area contributed by atoms with Crippen molar-refractivity contribution in [1.29, 1.82) is 0 Å². The molecular formula is C16H24N4O2S. The summed E-state index contributed by atoms with van der Waals surface area (Å²) in [4.78, 5) is 25.0. The maximum Gasteiger partial charge on any atom is 0.222 e. The van der Waals surface area contributed by atoms with Crippen LogP contribution in [-0.2, 0) is 4.79 Å². The second kappa shape index (κ2) is 7.86. The van der Waals surface area contributed by atoms with Gasteiger partial charge in [0.25, 0.3) is 0 Å². The van der Waals surface area contributed by atoms with E-state index in [0.29, 0.717) is 24.1 Å². The number of amides is 1. The van der Waals surface area contributed by atoms with Gasteiger partial charge in [-0.3, -0.25) is 4.79 Å². The van der Waals surface area contributed by atoms with Gasteiger partial charge in [0.2, 0.25) is 11.8 Å². The van der Waals surface area contributed by atoms with Crippen LogP contribution >= 0.6 is 11.8 Å². The summed E-state index contributed by atoms with van der Waals surface area (Å²) in [6.07, 6.45) is 4.32. The van der Waals surface area contributed by atoms with Gasteiger partial charge in [-0.1, -0.05) is 0 Å². The molecule has 0 unspecified atom stereocenters. The number of nitrogens with zero attached hydrogens (tertiary/aromatic N) is 4. The third-order valence-electron chi connectivity index (χ3n) is 4.60. The highest BCUT2D eigenvalue weighted by Crippen LogP contribution is 2.26. The minimum Gasteiger partial charge on any atom is -0.481 e. The van der Waals surface area contributed by atoms with Crippen LogP contribution < -0.4 is 9.64 Å². The van der Waals surface area contributed by atoms with Gasteiger partial charge in [-0.05, 0) is 18.8 Å². The van der Waals surface area contributed by atoms with Crippen molar-refractivity contribution >= 4 is 23.5 Å². The molecule has 0 radical (unpaired) electrons. The zero-order chi connectivity index (χ0) is 16.1. The van der Waals surface area contributed by atoms with E-state index in [9.17, 15) is 4.79 Å². The highest BCUT2D eigenvalue weighted by atomic mass is 32.2. The number of ether oxygens (including phenoxy) is 1. The molecule has 0 N–H and O–H groups in total. The minimum atomic E-state index is 0.340. The molecule has 0 spiro atoms. The van der Waals surface area contributed by atoms with Gasteiger partial charge in [-0.2, -0.15) is 11.8 Å². The Morgan fingerprint density at radius 3 is 2.70 bits per heavy atom. The summed E-state index contributed by atoms with van der Waals surface area (Å²) in [6, 6.07) is 1.87. The SMILES string of the molecule is COc1cc(N2CCC(CC(=O)N3CCSCC3)CC2)ncn1. The van der Waals surface area contributed by atoms with E-state index in [4.69, 9.17) is 4.74 Å². The first-order chi connectivity index (χ1) is 11.3. The van der Waals surface area contributed by atoms with Gasteiger partial charge in [0.05, 0.1) is 7.11 Å². The molecule has 0 saturated carbocycles. The Morgan fingerprint density at radius 2 is 2.00 bits per heavy atom. The molecule has 7 heteroatoms. The van der Waals surface area contributed by atoms with Crippen molar-refractivity contribution in [3.63, 3.8) is 0 Å². The lowest BCUT2D eigenvalue weighted by molar-refractivity contribution is -0.132. The fraction of sp³-hybridized carbons (Fsp3) is 0.688. The molecule has 1 aromatic heterocycles. The molecule has 0 atom stereocenters. The van der Waals surface area contributed by atoms with E-state index in [2.05, 4.69) is 14.9 Å². The van der Waals surface area contributed by atoms with Crippen molar-refractivity contribution in [2.24, 2.45) is 5.92 Å². The summed E-state index contributed by atoms with van der Waals surface area (Å²) < 4.78 is 5.16. The lowest BCUT2D eigenvalue weighted by Crippen LogP contribution is -2.40. The van der Waals surface area contributed by atoms with Crippen molar-refractivity contribution in [1.82, 2.24) is 14.9 Å². The summed E-state index contributed by atoms with van der Waals surface area (Å²) in [5, 5.41) is 0. The predicted molar refractivity (Wildman–Crippen MR) is 92.0 cm³/mol. The van der Waals surface area contributed by atoms with Crippen LogP contribution in [0.2, 0.25) is 0 Å². The largest absolute Gasteiger partial charge is 0.481 e. The molecule has 2 aliphatic heterocycles. The van der Waals surface area contributed by atoms with Gasteiger partial charge in [0.1, 0.15) is 12.1 Å². The molecular weight excluding hydrogens is 312 g/mol. The first-order valence-electron chi connectivity index (χ1n) is 8.23. The minimum absolute atomic E-state index is 0.340. The number of anilines is 1. The molecule has 3 heterocycles. The van der Waals surface area contributed by atoms with Crippen molar-refractivity contribution < 1.29 is 9.53 Å². The van der Waals surface area contributed by atoms with Crippen LogP contribution in [0, 0.1) is 5.92 Å². The van der Waals surface area contributed by atoms with E-state index in [0.717, 1.165) is 56.3 Å². The number of carbonyl (C=O) groups is 1. The molecule has 23 heavy (non-hydrogen) atoms. The number of thioether (sulfide) groups is 1. The number of piperidine rings is 1. The van der Waals surface area contributed by atoms with Crippen molar-refractivity contribution in [3.8, 4) is 5.88 Å². The Balaban J connectivity index is 1.49. The monoisotopic (exact) mass is 336 g/mol. The maximum atomic E-state index is 12.4. The molecule has 2 saturated heterocycles. The Hall–Kier alpha value is -1.50. The van der Waals surface area contributed by atoms with E-state index in [1.807, 2.05) is 22.7 Å². The maximum absolute atomic E-state index is 12.4. The number of methoxy groups -OCH3 is 1. The van der Waals surface area contributed by atoms with Crippen LogP contribution in [0.15, 0.2) is 12.4 Å². The standard InChI is InChI=1S/C16H24N4O2S/c1-22-15-11-14(17-12-18-15)19-4-2-13(3-5-19)10-16(21)20-6-8-23-9-7-20/h11-13H,2-10H2,1H3. The lowest BCUT2D eigenvalue weighted by Gasteiger charge is -2.34. The van der Waals surface area contributed by atoms with Crippen molar-refractivity contribution in [3.05, 3.63) is 12.4 Å². The number of hydrogen-bond acceptors (Lipinski definition) is 6. The molecule has 6 nitrogen and oxygen atoms in total. The van der Waals surface area contributed by atoms with Crippen LogP contribution in [0.1, 0.15) is 19.3 Å². The molecule has 2 fully saturated rings. The highest BCUT2D eigenvalue weighted by Gasteiger charge is 2.25.